The third kappa shape index (κ3) is 6.70. The first-order valence-corrected chi connectivity index (χ1v) is 10.0. The highest BCUT2D eigenvalue weighted by Gasteiger charge is 2.36. The van der Waals surface area contributed by atoms with Crippen LogP contribution in [0.25, 0.3) is 0 Å². The fourth-order valence-electron chi connectivity index (χ4n) is 2.46. The zero-order chi connectivity index (χ0) is 20.7. The van der Waals surface area contributed by atoms with Crippen molar-refractivity contribution in [3.8, 4) is 0 Å². The van der Waals surface area contributed by atoms with Gasteiger partial charge in [-0.3, -0.25) is 8.98 Å². The van der Waals surface area contributed by atoms with Crippen molar-refractivity contribution < 1.29 is 36.5 Å². The summed E-state index contributed by atoms with van der Waals surface area (Å²) in [6.45, 7) is -0.128. The first-order chi connectivity index (χ1) is 13.2. The average molecular weight is 415 g/mol. The molecule has 1 aromatic rings. The number of amides is 3. The minimum Gasteiger partial charge on any atom is -0.448 e. The number of rotatable bonds is 9. The summed E-state index contributed by atoms with van der Waals surface area (Å²) in [6.07, 6.45) is -2.38. The Kier molecular flexibility index (Phi) is 7.18. The Morgan fingerprint density at radius 2 is 2.00 bits per heavy atom. The zero-order valence-corrected chi connectivity index (χ0v) is 15.9. The number of hydrogen-bond donors (Lipinski definition) is 2. The van der Waals surface area contributed by atoms with Crippen LogP contribution in [0.5, 0.6) is 0 Å². The predicted molar refractivity (Wildman–Crippen MR) is 95.4 cm³/mol. The molecule has 1 fully saturated rings. The van der Waals surface area contributed by atoms with E-state index in [9.17, 15) is 22.8 Å². The Morgan fingerprint density at radius 1 is 1.32 bits per heavy atom. The second-order valence-electron chi connectivity index (χ2n) is 5.99. The van der Waals surface area contributed by atoms with E-state index in [1.807, 2.05) is 0 Å². The zero-order valence-electron chi connectivity index (χ0n) is 15.1. The molecule has 0 aromatic heterocycles. The number of primary amides is 1. The van der Waals surface area contributed by atoms with E-state index in [0.717, 1.165) is 11.2 Å². The molecule has 1 aromatic carbocycles. The fraction of sp³-hybridized carbons (Fsp3) is 0.438. The lowest BCUT2D eigenvalue weighted by Gasteiger charge is -2.27. The number of cyclic esters (lactones) is 1. The van der Waals surface area contributed by atoms with E-state index in [-0.39, 0.29) is 26.3 Å². The molecular weight excluding hydrogens is 394 g/mol. The maximum Gasteiger partial charge on any atom is 0.410 e. The van der Waals surface area contributed by atoms with E-state index in [0.29, 0.717) is 5.56 Å². The van der Waals surface area contributed by atoms with Gasteiger partial charge in [-0.15, -0.1) is 0 Å². The van der Waals surface area contributed by atoms with Gasteiger partial charge in [-0.25, -0.2) is 9.59 Å². The van der Waals surface area contributed by atoms with E-state index < -0.39 is 40.4 Å². The van der Waals surface area contributed by atoms with Gasteiger partial charge in [-0.2, -0.15) is 8.42 Å². The van der Waals surface area contributed by atoms with Crippen molar-refractivity contribution in [2.24, 2.45) is 5.73 Å². The molecule has 1 aliphatic heterocycles. The second kappa shape index (κ2) is 9.37. The summed E-state index contributed by atoms with van der Waals surface area (Å²) in [5, 5.41) is 2.19. The number of alkyl carbamates (subject to hydrolysis) is 1. The van der Waals surface area contributed by atoms with Gasteiger partial charge < -0.3 is 25.4 Å². The highest BCUT2D eigenvalue weighted by atomic mass is 32.2. The molecular formula is C16H21N3O8S. The number of nitrogens with two attached hydrogens (primary N) is 1. The summed E-state index contributed by atoms with van der Waals surface area (Å²) in [7, 11) is -4.03. The van der Waals surface area contributed by atoms with Gasteiger partial charge >= 0.3 is 12.2 Å². The van der Waals surface area contributed by atoms with Crippen LogP contribution in [-0.2, 0) is 35.2 Å². The largest absolute Gasteiger partial charge is 0.448 e. The first-order valence-electron chi connectivity index (χ1n) is 8.22. The van der Waals surface area contributed by atoms with Crippen LogP contribution in [0.1, 0.15) is 5.56 Å². The molecule has 12 heteroatoms. The SMILES string of the molecule is CS(=O)(=O)O[C@@H](CN1CCOC1=O)[C@H](NC(=O)OCc1ccccc1)C(N)=O. The average Bonchev–Trinajstić information content (AvgIpc) is 3.01. The number of hydrogen-bond acceptors (Lipinski definition) is 8. The van der Waals surface area contributed by atoms with Gasteiger partial charge in [0, 0.05) is 0 Å². The highest BCUT2D eigenvalue weighted by Crippen LogP contribution is 2.12. The van der Waals surface area contributed by atoms with Gasteiger partial charge in [0.15, 0.2) is 0 Å². The minimum absolute atomic E-state index is 0.0752. The first kappa shape index (κ1) is 21.4. The summed E-state index contributed by atoms with van der Waals surface area (Å²) < 4.78 is 37.8. The molecule has 1 heterocycles. The Morgan fingerprint density at radius 3 is 2.54 bits per heavy atom. The van der Waals surface area contributed by atoms with Gasteiger partial charge in [-0.1, -0.05) is 30.3 Å². The van der Waals surface area contributed by atoms with Crippen molar-refractivity contribution in [2.45, 2.75) is 18.8 Å². The van der Waals surface area contributed by atoms with Gasteiger partial charge in [0.05, 0.1) is 19.3 Å². The second-order valence-corrected chi connectivity index (χ2v) is 7.59. The molecule has 1 saturated heterocycles. The number of nitrogens with one attached hydrogen (secondary N) is 1. The molecule has 2 atom stereocenters. The Labute approximate surface area is 161 Å². The van der Waals surface area contributed by atoms with E-state index in [4.69, 9.17) is 19.4 Å². The van der Waals surface area contributed by atoms with E-state index in [2.05, 4.69) is 5.32 Å². The summed E-state index contributed by atoms with van der Waals surface area (Å²) in [6, 6.07) is 7.21. The van der Waals surface area contributed by atoms with Crippen molar-refractivity contribution in [3.63, 3.8) is 0 Å². The van der Waals surface area contributed by atoms with Crippen LogP contribution >= 0.6 is 0 Å². The number of benzene rings is 1. The van der Waals surface area contributed by atoms with Gasteiger partial charge in [0.2, 0.25) is 5.91 Å². The third-order valence-corrected chi connectivity index (χ3v) is 4.30. The highest BCUT2D eigenvalue weighted by molar-refractivity contribution is 7.86. The van der Waals surface area contributed by atoms with Crippen LogP contribution < -0.4 is 11.1 Å². The number of carbonyl (C=O) groups is 3. The topological polar surface area (TPSA) is 154 Å². The molecule has 0 spiro atoms. The lowest BCUT2D eigenvalue weighted by Crippen LogP contribution is -2.56. The Bertz CT molecular complexity index is 814. The maximum absolute atomic E-state index is 12.1. The molecule has 3 N–H and O–H groups in total. The van der Waals surface area contributed by atoms with Gasteiger partial charge in [0.1, 0.15) is 25.4 Å². The summed E-state index contributed by atoms with van der Waals surface area (Å²) in [5.41, 5.74) is 6.01. The number of carbonyl (C=O) groups excluding carboxylic acids is 3. The van der Waals surface area contributed by atoms with Crippen molar-refractivity contribution >= 4 is 28.2 Å². The molecule has 154 valence electrons. The number of ether oxygens (including phenoxy) is 2. The summed E-state index contributed by atoms with van der Waals surface area (Å²) in [4.78, 5) is 36.6. The van der Waals surface area contributed by atoms with Crippen molar-refractivity contribution in [1.82, 2.24) is 10.2 Å². The number of nitrogens with zero attached hydrogens (tertiary/aromatic N) is 1. The van der Waals surface area contributed by atoms with Crippen molar-refractivity contribution in [3.05, 3.63) is 35.9 Å². The Hall–Kier alpha value is -2.86. The van der Waals surface area contributed by atoms with E-state index in [1.54, 1.807) is 30.3 Å². The Balaban J connectivity index is 2.07. The standard InChI is InChI=1S/C16H21N3O8S/c1-28(23,24)27-12(9-19-7-8-25-16(19)22)13(14(17)20)18-15(21)26-10-11-5-3-2-4-6-11/h2-6,12-13H,7-10H2,1H3,(H2,17,20)(H,18,21)/t12-,13-/m0/s1. The normalized spacial score (nSPS) is 16.2. The van der Waals surface area contributed by atoms with Crippen LogP contribution in [-0.4, -0.2) is 69.5 Å². The lowest BCUT2D eigenvalue weighted by molar-refractivity contribution is -0.122. The predicted octanol–water partition coefficient (Wildman–Crippen LogP) is -0.436. The molecule has 0 unspecified atom stereocenters. The summed E-state index contributed by atoms with van der Waals surface area (Å²) in [5.74, 6) is -1.06. The quantitative estimate of drug-likeness (QED) is 0.515. The van der Waals surface area contributed by atoms with Gasteiger partial charge in [0.25, 0.3) is 10.1 Å². The molecule has 28 heavy (non-hydrogen) atoms. The van der Waals surface area contributed by atoms with Crippen LogP contribution in [0, 0.1) is 0 Å². The van der Waals surface area contributed by atoms with Crippen LogP contribution in [0.15, 0.2) is 30.3 Å². The van der Waals surface area contributed by atoms with Crippen molar-refractivity contribution in [1.29, 1.82) is 0 Å². The smallest absolute Gasteiger partial charge is 0.410 e. The molecule has 3 amide bonds. The lowest BCUT2D eigenvalue weighted by atomic mass is 10.1. The molecule has 11 nitrogen and oxygen atoms in total. The molecule has 2 rings (SSSR count). The molecule has 0 aliphatic carbocycles. The minimum atomic E-state index is -4.03. The molecule has 0 saturated carbocycles. The molecule has 1 aliphatic rings. The van der Waals surface area contributed by atoms with E-state index in [1.165, 1.54) is 0 Å². The molecule has 0 bridgehead atoms. The van der Waals surface area contributed by atoms with Gasteiger partial charge in [-0.05, 0) is 5.56 Å². The monoisotopic (exact) mass is 415 g/mol. The summed E-state index contributed by atoms with van der Waals surface area (Å²) >= 11 is 0. The van der Waals surface area contributed by atoms with Crippen molar-refractivity contribution in [2.75, 3.05) is 26.0 Å². The fourth-order valence-corrected chi connectivity index (χ4v) is 3.08. The van der Waals surface area contributed by atoms with Crippen LogP contribution in [0.3, 0.4) is 0 Å². The maximum atomic E-state index is 12.1. The van der Waals surface area contributed by atoms with Crippen LogP contribution in [0.2, 0.25) is 0 Å². The third-order valence-electron chi connectivity index (χ3n) is 3.71. The van der Waals surface area contributed by atoms with E-state index >= 15 is 0 Å². The van der Waals surface area contributed by atoms with Crippen LogP contribution in [0.4, 0.5) is 9.59 Å². The molecule has 0 radical (unpaired) electrons.